The highest BCUT2D eigenvalue weighted by Crippen LogP contribution is 2.24. The average Bonchev–Trinajstić information content (AvgIpc) is 2.83. The molecule has 0 atom stereocenters. The minimum atomic E-state index is -0.550. The van der Waals surface area contributed by atoms with Crippen LogP contribution in [0, 0.1) is 12.7 Å². The molecule has 2 rings (SSSR count). The first kappa shape index (κ1) is 11.1. The third-order valence-electron chi connectivity index (χ3n) is 2.37. The number of rotatable bonds is 2. The van der Waals surface area contributed by atoms with Gasteiger partial charge in [0.25, 0.3) is 5.91 Å². The molecule has 0 unspecified atom stereocenters. The van der Waals surface area contributed by atoms with E-state index >= 15 is 0 Å². The van der Waals surface area contributed by atoms with Gasteiger partial charge in [-0.05, 0) is 24.6 Å². The normalized spacial score (nSPS) is 10.2. The van der Waals surface area contributed by atoms with Gasteiger partial charge in [-0.1, -0.05) is 5.16 Å². The number of hydrogen-bond acceptors (Lipinski definition) is 4. The molecule has 3 N–H and O–H groups in total. The lowest BCUT2D eigenvalue weighted by Crippen LogP contribution is -2.15. The van der Waals surface area contributed by atoms with Crippen LogP contribution >= 0.6 is 0 Å². The van der Waals surface area contributed by atoms with E-state index in [1.54, 1.807) is 6.92 Å². The summed E-state index contributed by atoms with van der Waals surface area (Å²) in [6.45, 7) is 1.62. The van der Waals surface area contributed by atoms with Crippen molar-refractivity contribution in [1.29, 1.82) is 0 Å². The lowest BCUT2D eigenvalue weighted by Gasteiger charge is -2.10. The average molecular weight is 235 g/mol. The first-order chi connectivity index (χ1) is 8.09. The topological polar surface area (TPSA) is 81.1 Å². The molecule has 0 bridgehead atoms. The fourth-order valence-electron chi connectivity index (χ4n) is 1.36. The van der Waals surface area contributed by atoms with Crippen molar-refractivity contribution in [1.82, 2.24) is 5.16 Å². The van der Waals surface area contributed by atoms with Crippen molar-refractivity contribution < 1.29 is 13.7 Å². The quantitative estimate of drug-likeness (QED) is 0.779. The number of amides is 1. The SMILES string of the molecule is Cc1c(N)ccc(F)c1NC(=O)c1ccon1. The Balaban J connectivity index is 2.31. The van der Waals surface area contributed by atoms with Gasteiger partial charge >= 0.3 is 0 Å². The Morgan fingerprint density at radius 2 is 2.24 bits per heavy atom. The Hall–Kier alpha value is -2.37. The molecule has 0 saturated carbocycles. The molecule has 0 radical (unpaired) electrons. The highest BCUT2D eigenvalue weighted by molar-refractivity contribution is 6.03. The van der Waals surface area contributed by atoms with E-state index < -0.39 is 11.7 Å². The molecule has 1 aromatic heterocycles. The summed E-state index contributed by atoms with van der Waals surface area (Å²) in [4.78, 5) is 11.6. The van der Waals surface area contributed by atoms with Gasteiger partial charge < -0.3 is 15.6 Å². The molecule has 0 aliphatic heterocycles. The van der Waals surface area contributed by atoms with Crippen LogP contribution in [0.1, 0.15) is 16.1 Å². The van der Waals surface area contributed by atoms with E-state index in [1.165, 1.54) is 24.5 Å². The van der Waals surface area contributed by atoms with Crippen LogP contribution in [0.4, 0.5) is 15.8 Å². The standard InChI is InChI=1S/C11H10FN3O2/c1-6-8(13)3-2-7(12)10(6)14-11(16)9-4-5-17-15-9/h2-5H,13H2,1H3,(H,14,16). The van der Waals surface area contributed by atoms with Crippen molar-refractivity contribution in [2.45, 2.75) is 6.92 Å². The van der Waals surface area contributed by atoms with E-state index in [0.717, 1.165) is 0 Å². The van der Waals surface area contributed by atoms with Crippen LogP contribution in [0.25, 0.3) is 0 Å². The highest BCUT2D eigenvalue weighted by Gasteiger charge is 2.14. The lowest BCUT2D eigenvalue weighted by molar-refractivity contribution is 0.101. The number of anilines is 2. The smallest absolute Gasteiger partial charge is 0.277 e. The summed E-state index contributed by atoms with van der Waals surface area (Å²) < 4.78 is 18.0. The summed E-state index contributed by atoms with van der Waals surface area (Å²) in [6, 6.07) is 4.02. The number of nitrogens with one attached hydrogen (secondary N) is 1. The van der Waals surface area contributed by atoms with Crippen LogP contribution in [0.3, 0.4) is 0 Å². The third kappa shape index (κ3) is 2.10. The summed E-state index contributed by atoms with van der Waals surface area (Å²) in [6.07, 6.45) is 1.26. The molecule has 1 heterocycles. The summed E-state index contributed by atoms with van der Waals surface area (Å²) in [5.74, 6) is -1.10. The van der Waals surface area contributed by atoms with E-state index in [1.807, 2.05) is 0 Å². The van der Waals surface area contributed by atoms with Crippen molar-refractivity contribution in [2.24, 2.45) is 0 Å². The number of nitrogens with two attached hydrogens (primary N) is 1. The van der Waals surface area contributed by atoms with E-state index in [4.69, 9.17) is 5.73 Å². The zero-order valence-corrected chi connectivity index (χ0v) is 9.03. The Morgan fingerprint density at radius 3 is 2.88 bits per heavy atom. The Labute approximate surface area is 96.4 Å². The van der Waals surface area contributed by atoms with Crippen molar-refractivity contribution in [3.05, 3.63) is 41.5 Å². The second kappa shape index (κ2) is 4.25. The van der Waals surface area contributed by atoms with Crippen LogP contribution in [0.2, 0.25) is 0 Å². The second-order valence-electron chi connectivity index (χ2n) is 3.48. The molecule has 88 valence electrons. The number of hydrogen-bond donors (Lipinski definition) is 2. The van der Waals surface area contributed by atoms with Gasteiger partial charge in [-0.15, -0.1) is 0 Å². The van der Waals surface area contributed by atoms with Gasteiger partial charge in [-0.25, -0.2) is 4.39 Å². The number of benzene rings is 1. The van der Waals surface area contributed by atoms with Crippen molar-refractivity contribution >= 4 is 17.3 Å². The summed E-state index contributed by atoms with van der Waals surface area (Å²) in [5.41, 5.74) is 6.64. The minimum absolute atomic E-state index is 0.0537. The highest BCUT2D eigenvalue weighted by atomic mass is 19.1. The van der Waals surface area contributed by atoms with Gasteiger partial charge in [0.2, 0.25) is 0 Å². The number of carbonyl (C=O) groups excluding carboxylic acids is 1. The van der Waals surface area contributed by atoms with E-state index in [2.05, 4.69) is 15.0 Å². The van der Waals surface area contributed by atoms with Gasteiger partial charge in [0.1, 0.15) is 12.1 Å². The molecule has 6 heteroatoms. The molecule has 1 amide bonds. The molecule has 0 aliphatic rings. The molecule has 5 nitrogen and oxygen atoms in total. The van der Waals surface area contributed by atoms with Crippen LogP contribution in [-0.4, -0.2) is 11.1 Å². The van der Waals surface area contributed by atoms with E-state index in [-0.39, 0.29) is 11.4 Å². The predicted molar refractivity (Wildman–Crippen MR) is 60.0 cm³/mol. The molecule has 2 aromatic rings. The Kier molecular flexibility index (Phi) is 2.78. The number of aromatic nitrogens is 1. The minimum Gasteiger partial charge on any atom is -0.398 e. The first-order valence-electron chi connectivity index (χ1n) is 4.86. The van der Waals surface area contributed by atoms with Crippen LogP contribution in [-0.2, 0) is 0 Å². The molecular formula is C11H10FN3O2. The van der Waals surface area contributed by atoms with Crippen molar-refractivity contribution in [3.8, 4) is 0 Å². The maximum Gasteiger partial charge on any atom is 0.277 e. The van der Waals surface area contributed by atoms with Crippen molar-refractivity contribution in [3.63, 3.8) is 0 Å². The molecule has 1 aromatic carbocycles. The van der Waals surface area contributed by atoms with Gasteiger partial charge in [-0.2, -0.15) is 0 Å². The number of carbonyl (C=O) groups is 1. The zero-order valence-electron chi connectivity index (χ0n) is 9.03. The number of halogens is 1. The lowest BCUT2D eigenvalue weighted by atomic mass is 10.1. The van der Waals surface area contributed by atoms with E-state index in [0.29, 0.717) is 11.3 Å². The van der Waals surface area contributed by atoms with Crippen LogP contribution < -0.4 is 11.1 Å². The maximum absolute atomic E-state index is 13.5. The number of nitrogens with zero attached hydrogens (tertiary/aromatic N) is 1. The third-order valence-corrected chi connectivity index (χ3v) is 2.37. The van der Waals surface area contributed by atoms with Gasteiger partial charge in [0.15, 0.2) is 5.69 Å². The Morgan fingerprint density at radius 1 is 1.47 bits per heavy atom. The molecule has 17 heavy (non-hydrogen) atoms. The molecule has 0 saturated heterocycles. The summed E-state index contributed by atoms with van der Waals surface area (Å²) in [5, 5.41) is 5.86. The zero-order chi connectivity index (χ0) is 12.4. The molecule has 0 fully saturated rings. The predicted octanol–water partition coefficient (Wildman–Crippen LogP) is 1.96. The molecular weight excluding hydrogens is 225 g/mol. The second-order valence-corrected chi connectivity index (χ2v) is 3.48. The summed E-state index contributed by atoms with van der Waals surface area (Å²) in [7, 11) is 0. The van der Waals surface area contributed by atoms with E-state index in [9.17, 15) is 9.18 Å². The first-order valence-corrected chi connectivity index (χ1v) is 4.86. The maximum atomic E-state index is 13.5. The monoisotopic (exact) mass is 235 g/mol. The van der Waals surface area contributed by atoms with Gasteiger partial charge in [-0.3, -0.25) is 4.79 Å². The van der Waals surface area contributed by atoms with Gasteiger partial charge in [0.05, 0.1) is 5.69 Å². The number of nitrogen functional groups attached to an aromatic ring is 1. The summed E-state index contributed by atoms with van der Waals surface area (Å²) >= 11 is 0. The largest absolute Gasteiger partial charge is 0.398 e. The van der Waals surface area contributed by atoms with Gasteiger partial charge in [0, 0.05) is 11.8 Å². The fourth-order valence-corrected chi connectivity index (χ4v) is 1.36. The molecule has 0 spiro atoms. The fraction of sp³-hybridized carbons (Fsp3) is 0.0909. The van der Waals surface area contributed by atoms with Crippen LogP contribution in [0.5, 0.6) is 0 Å². The van der Waals surface area contributed by atoms with Crippen LogP contribution in [0.15, 0.2) is 29.0 Å². The molecule has 0 aliphatic carbocycles. The van der Waals surface area contributed by atoms with Crippen molar-refractivity contribution in [2.75, 3.05) is 11.1 Å². The Bertz CT molecular complexity index is 552.